The second-order valence-corrected chi connectivity index (χ2v) is 2.29. The third-order valence-electron chi connectivity index (χ3n) is 1.57. The van der Waals surface area contributed by atoms with E-state index in [9.17, 15) is 4.79 Å². The molecule has 0 fully saturated rings. The highest BCUT2D eigenvalue weighted by molar-refractivity contribution is 5.94. The van der Waals surface area contributed by atoms with E-state index < -0.39 is 5.91 Å². The van der Waals surface area contributed by atoms with E-state index in [-0.39, 0.29) is 0 Å². The molecule has 1 amide bonds. The van der Waals surface area contributed by atoms with E-state index in [0.29, 0.717) is 17.7 Å². The minimum Gasteiger partial charge on any atom is -0.288 e. The number of carbonyl (C=O) groups excluding carboxylic acids is 1. The number of rotatable bonds is 2. The number of carbonyl (C=O) groups is 1. The number of pyridine rings is 1. The van der Waals surface area contributed by atoms with Crippen molar-refractivity contribution in [2.45, 2.75) is 13.3 Å². The van der Waals surface area contributed by atoms with Gasteiger partial charge in [0.1, 0.15) is 0 Å². The lowest BCUT2D eigenvalue weighted by Crippen LogP contribution is -2.20. The van der Waals surface area contributed by atoms with E-state index in [0.717, 1.165) is 0 Å². The van der Waals surface area contributed by atoms with Gasteiger partial charge in [0.15, 0.2) is 0 Å². The summed E-state index contributed by atoms with van der Waals surface area (Å²) in [5.74, 6) is -0.514. The SMILES string of the molecule is CCc1ncccc1C(=O)NO. The number of nitrogens with zero attached hydrogens (tertiary/aromatic N) is 1. The lowest BCUT2D eigenvalue weighted by Gasteiger charge is -2.02. The molecule has 0 unspecified atom stereocenters. The number of nitrogens with one attached hydrogen (secondary N) is 1. The fourth-order valence-corrected chi connectivity index (χ4v) is 0.987. The van der Waals surface area contributed by atoms with Gasteiger partial charge < -0.3 is 0 Å². The quantitative estimate of drug-likeness (QED) is 0.503. The van der Waals surface area contributed by atoms with Crippen LogP contribution in [0.25, 0.3) is 0 Å². The van der Waals surface area contributed by atoms with Crippen molar-refractivity contribution in [1.29, 1.82) is 0 Å². The number of aryl methyl sites for hydroxylation is 1. The smallest absolute Gasteiger partial charge is 0.276 e. The van der Waals surface area contributed by atoms with Crippen LogP contribution in [0.15, 0.2) is 18.3 Å². The van der Waals surface area contributed by atoms with Crippen LogP contribution in [0.5, 0.6) is 0 Å². The lowest BCUT2D eigenvalue weighted by molar-refractivity contribution is 0.0705. The molecule has 0 saturated carbocycles. The van der Waals surface area contributed by atoms with Gasteiger partial charge in [0.25, 0.3) is 5.91 Å². The number of aromatic nitrogens is 1. The molecular weight excluding hydrogens is 156 g/mol. The maximum absolute atomic E-state index is 11.0. The summed E-state index contributed by atoms with van der Waals surface area (Å²) in [4.78, 5) is 15.0. The lowest BCUT2D eigenvalue weighted by atomic mass is 10.1. The number of hydrogen-bond acceptors (Lipinski definition) is 3. The van der Waals surface area contributed by atoms with E-state index in [4.69, 9.17) is 5.21 Å². The molecule has 0 spiro atoms. The summed E-state index contributed by atoms with van der Waals surface area (Å²) in [6, 6.07) is 3.28. The molecule has 64 valence electrons. The molecule has 0 saturated heterocycles. The normalized spacial score (nSPS) is 9.50. The monoisotopic (exact) mass is 166 g/mol. The molecule has 0 aliphatic carbocycles. The first kappa shape index (κ1) is 8.67. The average molecular weight is 166 g/mol. The maximum Gasteiger partial charge on any atom is 0.276 e. The summed E-state index contributed by atoms with van der Waals surface area (Å²) in [5, 5.41) is 8.38. The minimum absolute atomic E-state index is 0.419. The van der Waals surface area contributed by atoms with Gasteiger partial charge in [-0.25, -0.2) is 5.48 Å². The van der Waals surface area contributed by atoms with Crippen LogP contribution in [-0.2, 0) is 6.42 Å². The molecular formula is C8H10N2O2. The van der Waals surface area contributed by atoms with Crippen LogP contribution in [0, 0.1) is 0 Å². The highest BCUT2D eigenvalue weighted by Gasteiger charge is 2.08. The molecule has 2 N–H and O–H groups in total. The summed E-state index contributed by atoms with van der Waals surface area (Å²) in [6.45, 7) is 1.90. The first-order valence-electron chi connectivity index (χ1n) is 3.68. The van der Waals surface area contributed by atoms with Crippen molar-refractivity contribution in [3.8, 4) is 0 Å². The molecule has 1 aromatic heterocycles. The second-order valence-electron chi connectivity index (χ2n) is 2.29. The molecule has 0 bridgehead atoms. The summed E-state index contributed by atoms with van der Waals surface area (Å²) in [5.41, 5.74) is 2.68. The molecule has 1 heterocycles. The van der Waals surface area contributed by atoms with Gasteiger partial charge in [0.05, 0.1) is 11.3 Å². The average Bonchev–Trinajstić information content (AvgIpc) is 2.16. The van der Waals surface area contributed by atoms with Crippen molar-refractivity contribution < 1.29 is 10.0 Å². The third-order valence-corrected chi connectivity index (χ3v) is 1.57. The van der Waals surface area contributed by atoms with Gasteiger partial charge in [-0.1, -0.05) is 6.92 Å². The maximum atomic E-state index is 11.0. The fraction of sp³-hybridized carbons (Fsp3) is 0.250. The molecule has 12 heavy (non-hydrogen) atoms. The van der Waals surface area contributed by atoms with Crippen molar-refractivity contribution >= 4 is 5.91 Å². The fourth-order valence-electron chi connectivity index (χ4n) is 0.987. The zero-order valence-electron chi connectivity index (χ0n) is 6.74. The first-order valence-corrected chi connectivity index (χ1v) is 3.68. The highest BCUT2D eigenvalue weighted by atomic mass is 16.5. The van der Waals surface area contributed by atoms with Crippen LogP contribution in [-0.4, -0.2) is 16.1 Å². The third kappa shape index (κ3) is 1.60. The Morgan fingerprint density at radius 2 is 2.50 bits per heavy atom. The molecule has 4 heteroatoms. The van der Waals surface area contributed by atoms with Gasteiger partial charge in [0, 0.05) is 6.20 Å². The van der Waals surface area contributed by atoms with E-state index in [2.05, 4.69) is 4.98 Å². The Bertz CT molecular complexity index is 286. The van der Waals surface area contributed by atoms with Gasteiger partial charge in [-0.3, -0.25) is 15.0 Å². The summed E-state index contributed by atoms with van der Waals surface area (Å²) in [7, 11) is 0. The molecule has 1 rings (SSSR count). The Hall–Kier alpha value is -1.42. The van der Waals surface area contributed by atoms with Crippen molar-refractivity contribution in [2.24, 2.45) is 0 Å². The molecule has 0 radical (unpaired) electrons. The topological polar surface area (TPSA) is 62.2 Å². The molecule has 4 nitrogen and oxygen atoms in total. The summed E-state index contributed by atoms with van der Waals surface area (Å²) in [6.07, 6.45) is 2.29. The van der Waals surface area contributed by atoms with E-state index in [1.54, 1.807) is 23.8 Å². The predicted octanol–water partition coefficient (Wildman–Crippen LogP) is 0.763. The molecule has 1 aromatic rings. The Morgan fingerprint density at radius 3 is 3.08 bits per heavy atom. The van der Waals surface area contributed by atoms with Gasteiger partial charge in [-0.2, -0.15) is 0 Å². The Kier molecular flexibility index (Phi) is 2.76. The number of amides is 1. The van der Waals surface area contributed by atoms with Crippen LogP contribution in [0.2, 0.25) is 0 Å². The van der Waals surface area contributed by atoms with Crippen molar-refractivity contribution in [3.63, 3.8) is 0 Å². The van der Waals surface area contributed by atoms with Crippen molar-refractivity contribution in [3.05, 3.63) is 29.6 Å². The largest absolute Gasteiger partial charge is 0.288 e. The van der Waals surface area contributed by atoms with E-state index >= 15 is 0 Å². The van der Waals surface area contributed by atoms with Crippen LogP contribution < -0.4 is 5.48 Å². The molecule has 0 aliphatic heterocycles. The first-order chi connectivity index (χ1) is 5.79. The van der Waals surface area contributed by atoms with Gasteiger partial charge in [0.2, 0.25) is 0 Å². The Balaban J connectivity index is 3.04. The molecule has 0 aliphatic rings. The van der Waals surface area contributed by atoms with Crippen LogP contribution >= 0.6 is 0 Å². The van der Waals surface area contributed by atoms with Gasteiger partial charge >= 0.3 is 0 Å². The molecule has 0 aromatic carbocycles. The second kappa shape index (κ2) is 3.82. The number of hydrogen-bond donors (Lipinski definition) is 2. The summed E-state index contributed by atoms with van der Waals surface area (Å²) < 4.78 is 0. The number of hydroxylamine groups is 1. The standard InChI is InChI=1S/C8H10N2O2/c1-2-7-6(8(11)10-12)4-3-5-9-7/h3-5,12H,2H2,1H3,(H,10,11). The Labute approximate surface area is 70.2 Å². The highest BCUT2D eigenvalue weighted by Crippen LogP contribution is 2.04. The van der Waals surface area contributed by atoms with Crippen LogP contribution in [0.4, 0.5) is 0 Å². The zero-order chi connectivity index (χ0) is 8.97. The Morgan fingerprint density at radius 1 is 1.75 bits per heavy atom. The predicted molar refractivity (Wildman–Crippen MR) is 42.9 cm³/mol. The van der Waals surface area contributed by atoms with Gasteiger partial charge in [-0.15, -0.1) is 0 Å². The van der Waals surface area contributed by atoms with Crippen LogP contribution in [0.3, 0.4) is 0 Å². The molecule has 0 atom stereocenters. The van der Waals surface area contributed by atoms with E-state index in [1.165, 1.54) is 0 Å². The van der Waals surface area contributed by atoms with E-state index in [1.807, 2.05) is 6.92 Å². The summed E-state index contributed by atoms with van der Waals surface area (Å²) >= 11 is 0. The van der Waals surface area contributed by atoms with Gasteiger partial charge in [-0.05, 0) is 18.6 Å². The van der Waals surface area contributed by atoms with Crippen LogP contribution in [0.1, 0.15) is 23.0 Å². The van der Waals surface area contributed by atoms with Crippen molar-refractivity contribution in [2.75, 3.05) is 0 Å². The van der Waals surface area contributed by atoms with Crippen molar-refractivity contribution in [1.82, 2.24) is 10.5 Å². The zero-order valence-corrected chi connectivity index (χ0v) is 6.74. The minimum atomic E-state index is -0.514.